The monoisotopic (exact) mass is 386 g/mol. The van der Waals surface area contributed by atoms with Gasteiger partial charge in [0.1, 0.15) is 5.75 Å². The van der Waals surface area contributed by atoms with E-state index in [0.29, 0.717) is 33.8 Å². The Morgan fingerprint density at radius 3 is 2.62 bits per heavy atom. The maximum Gasteiger partial charge on any atom is 0.262 e. The molecular formula is C23H18N2O4. The fraction of sp³-hybridized carbons (Fsp3) is 0.130. The zero-order valence-electron chi connectivity index (χ0n) is 15.7. The highest BCUT2D eigenvalue weighted by Crippen LogP contribution is 2.47. The Bertz CT molecular complexity index is 1170. The maximum absolute atomic E-state index is 13.4. The lowest BCUT2D eigenvalue weighted by Gasteiger charge is -2.36. The van der Waals surface area contributed by atoms with Gasteiger partial charge in [-0.15, -0.1) is 0 Å². The van der Waals surface area contributed by atoms with Crippen LogP contribution >= 0.6 is 0 Å². The average Bonchev–Trinajstić information content (AvgIpc) is 2.96. The van der Waals surface area contributed by atoms with E-state index in [2.05, 4.69) is 5.32 Å². The number of anilines is 2. The zero-order chi connectivity index (χ0) is 20.2. The summed E-state index contributed by atoms with van der Waals surface area (Å²) >= 11 is 0. The number of aliphatic hydroxyl groups is 1. The second-order valence-electron chi connectivity index (χ2n) is 7.19. The molecule has 0 saturated heterocycles. The first-order valence-electron chi connectivity index (χ1n) is 9.29. The average molecular weight is 386 g/mol. The van der Waals surface area contributed by atoms with Crippen LogP contribution in [0.2, 0.25) is 0 Å². The van der Waals surface area contributed by atoms with Gasteiger partial charge in [-0.05, 0) is 42.8 Å². The molecule has 6 heteroatoms. The Morgan fingerprint density at radius 2 is 1.79 bits per heavy atom. The lowest BCUT2D eigenvalue weighted by Crippen LogP contribution is -2.45. The van der Waals surface area contributed by atoms with E-state index in [1.54, 1.807) is 42.5 Å². The number of carbonyl (C=O) groups excluding carboxylic acids is 2. The quantitative estimate of drug-likeness (QED) is 0.709. The third kappa shape index (κ3) is 2.46. The highest BCUT2D eigenvalue weighted by Gasteiger charge is 2.51. The molecule has 29 heavy (non-hydrogen) atoms. The third-order valence-electron chi connectivity index (χ3n) is 5.43. The minimum Gasteiger partial charge on any atom is -0.482 e. The van der Waals surface area contributed by atoms with E-state index < -0.39 is 5.72 Å². The van der Waals surface area contributed by atoms with E-state index in [0.717, 1.165) is 5.56 Å². The van der Waals surface area contributed by atoms with Gasteiger partial charge in [0, 0.05) is 16.7 Å². The summed E-state index contributed by atoms with van der Waals surface area (Å²) in [5.41, 5.74) is 1.62. The maximum atomic E-state index is 13.4. The first-order valence-corrected chi connectivity index (χ1v) is 9.29. The molecule has 1 atom stereocenters. The largest absolute Gasteiger partial charge is 0.482 e. The van der Waals surface area contributed by atoms with E-state index >= 15 is 0 Å². The molecule has 0 spiro atoms. The fourth-order valence-corrected chi connectivity index (χ4v) is 4.04. The molecule has 144 valence electrons. The smallest absolute Gasteiger partial charge is 0.262 e. The number of rotatable bonds is 2. The Balaban J connectivity index is 1.75. The number of para-hydroxylation sites is 1. The highest BCUT2D eigenvalue weighted by atomic mass is 16.5. The van der Waals surface area contributed by atoms with E-state index in [-0.39, 0.29) is 18.4 Å². The summed E-state index contributed by atoms with van der Waals surface area (Å²) in [4.78, 5) is 26.5. The summed E-state index contributed by atoms with van der Waals surface area (Å²) in [5, 5.41) is 14.8. The number of amides is 2. The van der Waals surface area contributed by atoms with Crippen molar-refractivity contribution in [2.24, 2.45) is 0 Å². The van der Waals surface area contributed by atoms with Gasteiger partial charge in [0.25, 0.3) is 11.8 Å². The molecule has 6 nitrogen and oxygen atoms in total. The standard InChI is InChI=1S/C23H18N2O4/c1-14-6-2-5-9-19(14)25-22(27)16-7-3-4-8-17(16)23(25,28)15-10-11-20-18(12-15)24-21(26)13-29-20/h2-12,28H,13H2,1H3,(H,24,26). The van der Waals surface area contributed by atoms with E-state index in [1.165, 1.54) is 4.90 Å². The summed E-state index contributed by atoms with van der Waals surface area (Å²) in [6, 6.07) is 19.5. The SMILES string of the molecule is Cc1ccccc1N1C(=O)c2ccccc2C1(O)c1ccc2c(c1)NC(=O)CO2. The van der Waals surface area contributed by atoms with Gasteiger partial charge in [-0.1, -0.05) is 36.4 Å². The first kappa shape index (κ1) is 17.5. The first-order chi connectivity index (χ1) is 14.0. The molecule has 0 radical (unpaired) electrons. The van der Waals surface area contributed by atoms with E-state index in [4.69, 9.17) is 4.74 Å². The van der Waals surface area contributed by atoms with E-state index in [9.17, 15) is 14.7 Å². The van der Waals surface area contributed by atoms with Crippen molar-refractivity contribution in [3.05, 3.63) is 89.0 Å². The summed E-state index contributed by atoms with van der Waals surface area (Å²) in [5.74, 6) is -0.0206. The van der Waals surface area contributed by atoms with Crippen LogP contribution in [-0.4, -0.2) is 23.5 Å². The molecule has 0 bridgehead atoms. The predicted octanol–water partition coefficient (Wildman–Crippen LogP) is 3.18. The molecule has 0 aromatic heterocycles. The molecule has 0 saturated carbocycles. The number of nitrogens with one attached hydrogen (secondary N) is 1. The van der Waals surface area contributed by atoms with Crippen LogP contribution in [0.5, 0.6) is 5.75 Å². The van der Waals surface area contributed by atoms with Crippen molar-refractivity contribution in [2.75, 3.05) is 16.8 Å². The fourth-order valence-electron chi connectivity index (χ4n) is 4.04. The van der Waals surface area contributed by atoms with Crippen LogP contribution in [0.1, 0.15) is 27.0 Å². The van der Waals surface area contributed by atoms with Gasteiger partial charge in [0.05, 0.1) is 11.4 Å². The van der Waals surface area contributed by atoms with Crippen LogP contribution in [0.4, 0.5) is 11.4 Å². The van der Waals surface area contributed by atoms with Gasteiger partial charge in [-0.3, -0.25) is 14.5 Å². The minimum atomic E-state index is -1.73. The van der Waals surface area contributed by atoms with Gasteiger partial charge < -0.3 is 15.2 Å². The van der Waals surface area contributed by atoms with Gasteiger partial charge in [-0.2, -0.15) is 0 Å². The number of aryl methyl sites for hydroxylation is 1. The summed E-state index contributed by atoms with van der Waals surface area (Å²) in [7, 11) is 0. The molecule has 2 amide bonds. The molecule has 3 aromatic rings. The molecule has 2 heterocycles. The van der Waals surface area contributed by atoms with Crippen molar-refractivity contribution in [3.63, 3.8) is 0 Å². The van der Waals surface area contributed by atoms with Crippen molar-refractivity contribution < 1.29 is 19.4 Å². The third-order valence-corrected chi connectivity index (χ3v) is 5.43. The Hall–Kier alpha value is -3.64. The molecule has 0 fully saturated rings. The number of benzene rings is 3. The Kier molecular flexibility index (Phi) is 3.72. The number of hydrogen-bond donors (Lipinski definition) is 2. The minimum absolute atomic E-state index is 0.0483. The second kappa shape index (κ2) is 6.18. The van der Waals surface area contributed by atoms with Gasteiger partial charge in [-0.25, -0.2) is 0 Å². The number of fused-ring (bicyclic) bond motifs is 2. The molecule has 0 aliphatic carbocycles. The second-order valence-corrected chi connectivity index (χ2v) is 7.19. The van der Waals surface area contributed by atoms with Crippen molar-refractivity contribution in [1.29, 1.82) is 0 Å². The Morgan fingerprint density at radius 1 is 1.03 bits per heavy atom. The topological polar surface area (TPSA) is 78.9 Å². The van der Waals surface area contributed by atoms with Crippen LogP contribution in [0.25, 0.3) is 0 Å². The van der Waals surface area contributed by atoms with Crippen molar-refractivity contribution in [1.82, 2.24) is 0 Å². The zero-order valence-corrected chi connectivity index (χ0v) is 15.7. The van der Waals surface area contributed by atoms with Crippen molar-refractivity contribution >= 4 is 23.2 Å². The summed E-state index contributed by atoms with van der Waals surface area (Å²) < 4.78 is 5.43. The number of carbonyl (C=O) groups is 2. The molecule has 2 N–H and O–H groups in total. The Labute approximate surface area is 167 Å². The van der Waals surface area contributed by atoms with Gasteiger partial charge >= 0.3 is 0 Å². The molecule has 1 unspecified atom stereocenters. The molecule has 2 aliphatic rings. The van der Waals surface area contributed by atoms with Gasteiger partial charge in [0.15, 0.2) is 12.3 Å². The predicted molar refractivity (Wildman–Crippen MR) is 108 cm³/mol. The van der Waals surface area contributed by atoms with Crippen LogP contribution in [0.15, 0.2) is 66.7 Å². The number of ether oxygens (including phenoxy) is 1. The van der Waals surface area contributed by atoms with Crippen LogP contribution < -0.4 is 15.0 Å². The highest BCUT2D eigenvalue weighted by molar-refractivity contribution is 6.12. The molecular weight excluding hydrogens is 368 g/mol. The van der Waals surface area contributed by atoms with E-state index in [1.807, 2.05) is 31.2 Å². The number of hydrogen-bond acceptors (Lipinski definition) is 4. The normalized spacial score (nSPS) is 20.0. The molecule has 3 aromatic carbocycles. The van der Waals surface area contributed by atoms with Crippen LogP contribution in [0.3, 0.4) is 0 Å². The molecule has 5 rings (SSSR count). The summed E-state index contributed by atoms with van der Waals surface area (Å²) in [6.07, 6.45) is 0. The van der Waals surface area contributed by atoms with Crippen LogP contribution in [0, 0.1) is 6.92 Å². The van der Waals surface area contributed by atoms with Crippen molar-refractivity contribution in [3.8, 4) is 5.75 Å². The van der Waals surface area contributed by atoms with Crippen LogP contribution in [-0.2, 0) is 10.5 Å². The molecule has 2 aliphatic heterocycles. The van der Waals surface area contributed by atoms with Gasteiger partial charge in [0.2, 0.25) is 0 Å². The van der Waals surface area contributed by atoms with Crippen molar-refractivity contribution in [2.45, 2.75) is 12.6 Å². The summed E-state index contributed by atoms with van der Waals surface area (Å²) in [6.45, 7) is 1.85. The lowest BCUT2D eigenvalue weighted by atomic mass is 9.92. The lowest BCUT2D eigenvalue weighted by molar-refractivity contribution is -0.118. The number of nitrogens with zero attached hydrogens (tertiary/aromatic N) is 1.